The standard InChI is InChI=1S/C13H16N2O2/c1-10-6-4-7-12(11(10)2)17-13(16)15(3)9-5-8-14/h4,6-7H,5,9H2,1-3H3. The summed E-state index contributed by atoms with van der Waals surface area (Å²) in [7, 11) is 1.62. The maximum Gasteiger partial charge on any atom is 0.415 e. The van der Waals surface area contributed by atoms with Crippen LogP contribution in [0.4, 0.5) is 4.79 Å². The van der Waals surface area contributed by atoms with Gasteiger partial charge in [-0.2, -0.15) is 5.26 Å². The Morgan fingerprint density at radius 3 is 2.82 bits per heavy atom. The summed E-state index contributed by atoms with van der Waals surface area (Å²) in [4.78, 5) is 13.1. The zero-order valence-corrected chi connectivity index (χ0v) is 10.4. The molecule has 0 aromatic heterocycles. The van der Waals surface area contributed by atoms with E-state index in [1.165, 1.54) is 4.90 Å². The molecule has 17 heavy (non-hydrogen) atoms. The van der Waals surface area contributed by atoms with Crippen LogP contribution in [-0.2, 0) is 0 Å². The molecular weight excluding hydrogens is 216 g/mol. The highest BCUT2D eigenvalue weighted by Gasteiger charge is 2.12. The number of nitrogens with zero attached hydrogens (tertiary/aromatic N) is 2. The van der Waals surface area contributed by atoms with Gasteiger partial charge in [0.05, 0.1) is 12.5 Å². The molecule has 0 unspecified atom stereocenters. The number of rotatable bonds is 3. The van der Waals surface area contributed by atoms with Crippen LogP contribution in [0.25, 0.3) is 0 Å². The van der Waals surface area contributed by atoms with E-state index in [2.05, 4.69) is 0 Å². The normalized spacial score (nSPS) is 9.53. The molecule has 0 atom stereocenters. The van der Waals surface area contributed by atoms with Crippen molar-refractivity contribution >= 4 is 6.09 Å². The zero-order valence-electron chi connectivity index (χ0n) is 10.4. The number of aryl methyl sites for hydroxylation is 1. The predicted molar refractivity (Wildman–Crippen MR) is 64.8 cm³/mol. The van der Waals surface area contributed by atoms with Gasteiger partial charge in [-0.05, 0) is 31.0 Å². The highest BCUT2D eigenvalue weighted by molar-refractivity contribution is 5.71. The lowest BCUT2D eigenvalue weighted by atomic mass is 10.1. The van der Waals surface area contributed by atoms with Crippen molar-refractivity contribution in [3.8, 4) is 11.8 Å². The van der Waals surface area contributed by atoms with E-state index in [-0.39, 0.29) is 0 Å². The number of benzene rings is 1. The quantitative estimate of drug-likeness (QED) is 0.805. The van der Waals surface area contributed by atoms with Gasteiger partial charge >= 0.3 is 6.09 Å². The van der Waals surface area contributed by atoms with Crippen molar-refractivity contribution in [3.05, 3.63) is 29.3 Å². The molecule has 4 nitrogen and oxygen atoms in total. The third-order valence-electron chi connectivity index (χ3n) is 2.62. The summed E-state index contributed by atoms with van der Waals surface area (Å²) in [5.41, 5.74) is 2.03. The molecule has 0 aliphatic rings. The molecule has 0 radical (unpaired) electrons. The largest absolute Gasteiger partial charge is 0.415 e. The molecule has 0 aliphatic carbocycles. The highest BCUT2D eigenvalue weighted by Crippen LogP contribution is 2.21. The van der Waals surface area contributed by atoms with Crippen LogP contribution in [0.5, 0.6) is 5.75 Å². The number of carbonyl (C=O) groups is 1. The minimum absolute atomic E-state index is 0.304. The van der Waals surface area contributed by atoms with Gasteiger partial charge in [0, 0.05) is 13.6 Å². The highest BCUT2D eigenvalue weighted by atomic mass is 16.6. The maximum absolute atomic E-state index is 11.7. The van der Waals surface area contributed by atoms with Gasteiger partial charge in [-0.1, -0.05) is 12.1 Å². The van der Waals surface area contributed by atoms with Crippen LogP contribution in [0.1, 0.15) is 17.5 Å². The number of hydrogen-bond acceptors (Lipinski definition) is 3. The second-order valence-electron chi connectivity index (χ2n) is 3.90. The van der Waals surface area contributed by atoms with Crippen LogP contribution in [-0.4, -0.2) is 24.6 Å². The van der Waals surface area contributed by atoms with E-state index in [1.54, 1.807) is 13.1 Å². The zero-order chi connectivity index (χ0) is 12.8. The van der Waals surface area contributed by atoms with E-state index in [0.29, 0.717) is 18.7 Å². The Morgan fingerprint density at radius 2 is 2.18 bits per heavy atom. The minimum atomic E-state index is -0.436. The van der Waals surface area contributed by atoms with Gasteiger partial charge < -0.3 is 9.64 Å². The molecular formula is C13H16N2O2. The van der Waals surface area contributed by atoms with E-state index in [1.807, 2.05) is 32.0 Å². The van der Waals surface area contributed by atoms with Crippen LogP contribution < -0.4 is 4.74 Å². The van der Waals surface area contributed by atoms with Gasteiger partial charge in [-0.15, -0.1) is 0 Å². The SMILES string of the molecule is Cc1cccc(OC(=O)N(C)CCC#N)c1C. The molecule has 0 spiro atoms. The van der Waals surface area contributed by atoms with Crippen molar-refractivity contribution < 1.29 is 9.53 Å². The lowest BCUT2D eigenvalue weighted by Crippen LogP contribution is -2.30. The van der Waals surface area contributed by atoms with Crippen molar-refractivity contribution in [1.82, 2.24) is 4.90 Å². The molecule has 1 aromatic carbocycles. The fraction of sp³-hybridized carbons (Fsp3) is 0.385. The molecule has 1 rings (SSSR count). The van der Waals surface area contributed by atoms with Crippen molar-refractivity contribution in [1.29, 1.82) is 5.26 Å². The fourth-order valence-electron chi connectivity index (χ4n) is 1.32. The van der Waals surface area contributed by atoms with Crippen LogP contribution >= 0.6 is 0 Å². The van der Waals surface area contributed by atoms with Gasteiger partial charge in [-0.25, -0.2) is 4.79 Å². The average Bonchev–Trinajstić information content (AvgIpc) is 2.31. The monoisotopic (exact) mass is 232 g/mol. The van der Waals surface area contributed by atoms with Crippen molar-refractivity contribution in [2.45, 2.75) is 20.3 Å². The van der Waals surface area contributed by atoms with E-state index in [9.17, 15) is 4.79 Å². The summed E-state index contributed by atoms with van der Waals surface area (Å²) >= 11 is 0. The Labute approximate surface area is 101 Å². The number of carbonyl (C=O) groups excluding carboxylic acids is 1. The van der Waals surface area contributed by atoms with Crippen LogP contribution in [0.2, 0.25) is 0 Å². The number of amides is 1. The van der Waals surface area contributed by atoms with Gasteiger partial charge in [0.1, 0.15) is 5.75 Å². The van der Waals surface area contributed by atoms with Gasteiger partial charge in [-0.3, -0.25) is 0 Å². The molecule has 90 valence electrons. The van der Waals surface area contributed by atoms with E-state index in [0.717, 1.165) is 11.1 Å². The first-order valence-corrected chi connectivity index (χ1v) is 5.42. The topological polar surface area (TPSA) is 53.3 Å². The van der Waals surface area contributed by atoms with Crippen LogP contribution in [0.3, 0.4) is 0 Å². The first-order valence-electron chi connectivity index (χ1n) is 5.42. The molecule has 4 heteroatoms. The molecule has 1 aromatic rings. The van der Waals surface area contributed by atoms with Gasteiger partial charge in [0.15, 0.2) is 0 Å². The Morgan fingerprint density at radius 1 is 1.47 bits per heavy atom. The summed E-state index contributed by atoms with van der Waals surface area (Å²) in [6.45, 7) is 4.25. The van der Waals surface area contributed by atoms with Crippen LogP contribution in [0.15, 0.2) is 18.2 Å². The second kappa shape index (κ2) is 5.90. The molecule has 0 heterocycles. The summed E-state index contributed by atoms with van der Waals surface area (Å²) in [5.74, 6) is 0.568. The van der Waals surface area contributed by atoms with Gasteiger partial charge in [0.25, 0.3) is 0 Å². The lowest BCUT2D eigenvalue weighted by molar-refractivity contribution is 0.163. The van der Waals surface area contributed by atoms with Crippen molar-refractivity contribution in [2.75, 3.05) is 13.6 Å². The number of nitriles is 1. The summed E-state index contributed by atoms with van der Waals surface area (Å²) in [6.07, 6.45) is -0.132. The molecule has 0 fully saturated rings. The van der Waals surface area contributed by atoms with Gasteiger partial charge in [0.2, 0.25) is 0 Å². The molecule has 0 saturated carbocycles. The van der Waals surface area contributed by atoms with E-state index < -0.39 is 6.09 Å². The second-order valence-corrected chi connectivity index (χ2v) is 3.90. The Hall–Kier alpha value is -2.02. The fourth-order valence-corrected chi connectivity index (χ4v) is 1.32. The average molecular weight is 232 g/mol. The minimum Gasteiger partial charge on any atom is -0.410 e. The summed E-state index contributed by atoms with van der Waals surface area (Å²) < 4.78 is 5.26. The third kappa shape index (κ3) is 3.49. The molecule has 1 amide bonds. The van der Waals surface area contributed by atoms with Crippen molar-refractivity contribution in [3.63, 3.8) is 0 Å². The maximum atomic E-state index is 11.7. The van der Waals surface area contributed by atoms with E-state index in [4.69, 9.17) is 10.00 Å². The number of ether oxygens (including phenoxy) is 1. The smallest absolute Gasteiger partial charge is 0.410 e. The molecule has 0 N–H and O–H groups in total. The number of hydrogen-bond donors (Lipinski definition) is 0. The Balaban J connectivity index is 2.68. The summed E-state index contributed by atoms with van der Waals surface area (Å²) in [5, 5.41) is 8.44. The molecule has 0 bridgehead atoms. The lowest BCUT2D eigenvalue weighted by Gasteiger charge is -2.16. The third-order valence-corrected chi connectivity index (χ3v) is 2.62. The molecule has 0 saturated heterocycles. The Kier molecular flexibility index (Phi) is 4.53. The predicted octanol–water partition coefficient (Wildman–Crippen LogP) is 2.65. The van der Waals surface area contributed by atoms with Crippen molar-refractivity contribution in [2.24, 2.45) is 0 Å². The first-order chi connectivity index (χ1) is 8.06. The first kappa shape index (κ1) is 13.0. The summed E-state index contributed by atoms with van der Waals surface area (Å²) in [6, 6.07) is 7.56. The Bertz CT molecular complexity index is 449. The molecule has 0 aliphatic heterocycles. The van der Waals surface area contributed by atoms with E-state index >= 15 is 0 Å². The van der Waals surface area contributed by atoms with Crippen LogP contribution in [0, 0.1) is 25.2 Å².